The van der Waals surface area contributed by atoms with Crippen LogP contribution in [0.5, 0.6) is 5.75 Å². The van der Waals surface area contributed by atoms with Crippen molar-refractivity contribution in [2.24, 2.45) is 0 Å². The second-order valence-corrected chi connectivity index (χ2v) is 4.82. The third kappa shape index (κ3) is 2.66. The molecule has 4 heteroatoms. The van der Waals surface area contributed by atoms with Crippen molar-refractivity contribution in [1.82, 2.24) is 4.98 Å². The summed E-state index contributed by atoms with van der Waals surface area (Å²) < 4.78 is 5.69. The molecule has 96 valence electrons. The third-order valence-corrected chi connectivity index (χ3v) is 3.13. The maximum Gasteiger partial charge on any atom is 0.128 e. The number of anilines is 1. The average molecular weight is 273 g/mol. The predicted molar refractivity (Wildman–Crippen MR) is 78.5 cm³/mol. The predicted octanol–water partition coefficient (Wildman–Crippen LogP) is 3.98. The molecule has 0 aliphatic rings. The summed E-state index contributed by atoms with van der Waals surface area (Å²) in [5.74, 6) is 0.755. The zero-order valence-corrected chi connectivity index (χ0v) is 10.9. The second-order valence-electron chi connectivity index (χ2n) is 4.39. The van der Waals surface area contributed by atoms with Crippen LogP contribution in [0.1, 0.15) is 5.69 Å². The number of ether oxygens (including phenoxy) is 1. The molecule has 0 spiro atoms. The van der Waals surface area contributed by atoms with E-state index in [1.807, 2.05) is 36.4 Å². The van der Waals surface area contributed by atoms with Crippen LogP contribution in [0, 0.1) is 0 Å². The van der Waals surface area contributed by atoms with Crippen molar-refractivity contribution in [3.05, 3.63) is 59.2 Å². The quantitative estimate of drug-likeness (QED) is 0.709. The van der Waals surface area contributed by atoms with Gasteiger partial charge in [-0.05, 0) is 41.8 Å². The van der Waals surface area contributed by atoms with Crippen LogP contribution in [0.25, 0.3) is 10.9 Å². The lowest BCUT2D eigenvalue weighted by atomic mass is 10.2. The maximum atomic E-state index is 5.91. The van der Waals surface area contributed by atoms with Crippen LogP contribution in [-0.4, -0.2) is 4.98 Å². The molecule has 0 aliphatic heterocycles. The number of fused-ring (bicyclic) bond motifs is 1. The van der Waals surface area contributed by atoms with Crippen molar-refractivity contribution < 1.29 is 4.74 Å². The van der Waals surface area contributed by atoms with Crippen molar-refractivity contribution in [2.75, 3.05) is 5.73 Å². The molecule has 1 heterocycles. The van der Waals surface area contributed by atoms with Gasteiger partial charge in [-0.25, -0.2) is 0 Å². The van der Waals surface area contributed by atoms with E-state index in [0.717, 1.165) is 28.0 Å². The number of H-pyrrole nitrogens is 1. The molecule has 0 bridgehead atoms. The van der Waals surface area contributed by atoms with Crippen LogP contribution in [0.4, 0.5) is 5.69 Å². The molecule has 19 heavy (non-hydrogen) atoms. The Hall–Kier alpha value is -2.13. The molecule has 2 aromatic carbocycles. The van der Waals surface area contributed by atoms with Crippen molar-refractivity contribution in [2.45, 2.75) is 6.61 Å². The first-order chi connectivity index (χ1) is 9.20. The summed E-state index contributed by atoms with van der Waals surface area (Å²) in [6, 6.07) is 15.2. The topological polar surface area (TPSA) is 51.0 Å². The first-order valence-corrected chi connectivity index (χ1v) is 6.34. The van der Waals surface area contributed by atoms with Gasteiger partial charge in [0.1, 0.15) is 12.4 Å². The van der Waals surface area contributed by atoms with Gasteiger partial charge in [0.2, 0.25) is 0 Å². The van der Waals surface area contributed by atoms with Crippen molar-refractivity contribution in [1.29, 1.82) is 0 Å². The fourth-order valence-electron chi connectivity index (χ4n) is 2.00. The standard InChI is InChI=1S/C15H13ClN2O/c16-11-2-1-3-14(7-11)19-9-13-6-10-4-5-12(17)8-15(10)18-13/h1-8,18H,9,17H2. The fourth-order valence-corrected chi connectivity index (χ4v) is 2.18. The number of nitrogens with two attached hydrogens (primary N) is 1. The first-order valence-electron chi connectivity index (χ1n) is 5.96. The highest BCUT2D eigenvalue weighted by Gasteiger charge is 2.02. The number of rotatable bonds is 3. The molecule has 0 aliphatic carbocycles. The Labute approximate surface area is 116 Å². The highest BCUT2D eigenvalue weighted by molar-refractivity contribution is 6.30. The van der Waals surface area contributed by atoms with E-state index in [1.165, 1.54) is 0 Å². The summed E-state index contributed by atoms with van der Waals surface area (Å²) in [6.45, 7) is 0.467. The molecule has 3 rings (SSSR count). The first kappa shape index (κ1) is 11.9. The number of aromatic nitrogens is 1. The summed E-state index contributed by atoms with van der Waals surface area (Å²) in [5, 5.41) is 1.79. The largest absolute Gasteiger partial charge is 0.487 e. The molecule has 0 saturated carbocycles. The van der Waals surface area contributed by atoms with Gasteiger partial charge in [-0.3, -0.25) is 0 Å². The highest BCUT2D eigenvalue weighted by atomic mass is 35.5. The molecule has 0 saturated heterocycles. The van der Waals surface area contributed by atoms with Crippen molar-refractivity contribution in [3.63, 3.8) is 0 Å². The van der Waals surface area contributed by atoms with Gasteiger partial charge in [-0.1, -0.05) is 23.7 Å². The Kier molecular flexibility index (Phi) is 3.05. The fraction of sp³-hybridized carbons (Fsp3) is 0.0667. The molecule has 3 N–H and O–H groups in total. The minimum absolute atomic E-state index is 0.467. The van der Waals surface area contributed by atoms with Gasteiger partial charge < -0.3 is 15.5 Å². The Morgan fingerprint density at radius 3 is 2.84 bits per heavy atom. The van der Waals surface area contributed by atoms with Gasteiger partial charge in [0.25, 0.3) is 0 Å². The zero-order valence-electron chi connectivity index (χ0n) is 10.2. The molecule has 0 fully saturated rings. The van der Waals surface area contributed by atoms with Gasteiger partial charge >= 0.3 is 0 Å². The molecule has 0 unspecified atom stereocenters. The Morgan fingerprint density at radius 2 is 2.00 bits per heavy atom. The summed E-state index contributed by atoms with van der Waals surface area (Å²) >= 11 is 5.91. The molecular formula is C15H13ClN2O. The number of halogens is 1. The molecule has 3 aromatic rings. The number of hydrogen-bond donors (Lipinski definition) is 2. The van der Waals surface area contributed by atoms with Crippen molar-refractivity contribution >= 4 is 28.2 Å². The number of nitrogens with one attached hydrogen (secondary N) is 1. The smallest absolute Gasteiger partial charge is 0.128 e. The number of hydrogen-bond acceptors (Lipinski definition) is 2. The molecule has 0 amide bonds. The molecule has 3 nitrogen and oxygen atoms in total. The SMILES string of the molecule is Nc1ccc2cc(COc3cccc(Cl)c3)[nH]c2c1. The van der Waals surface area contributed by atoms with Crippen molar-refractivity contribution in [3.8, 4) is 5.75 Å². The van der Waals surface area contributed by atoms with Crippen LogP contribution >= 0.6 is 11.6 Å². The van der Waals surface area contributed by atoms with E-state index >= 15 is 0 Å². The summed E-state index contributed by atoms with van der Waals surface area (Å²) in [7, 11) is 0. The monoisotopic (exact) mass is 272 g/mol. The van der Waals surface area contributed by atoms with Gasteiger partial charge in [0.05, 0.1) is 5.69 Å². The minimum Gasteiger partial charge on any atom is -0.487 e. The number of benzene rings is 2. The van der Waals surface area contributed by atoms with Crippen LogP contribution in [0.3, 0.4) is 0 Å². The van der Waals surface area contributed by atoms with E-state index in [1.54, 1.807) is 6.07 Å². The van der Waals surface area contributed by atoms with Gasteiger partial charge in [-0.2, -0.15) is 0 Å². The zero-order chi connectivity index (χ0) is 13.2. The van der Waals surface area contributed by atoms with Gasteiger partial charge in [-0.15, -0.1) is 0 Å². The second kappa shape index (κ2) is 4.86. The van der Waals surface area contributed by atoms with E-state index < -0.39 is 0 Å². The van der Waals surface area contributed by atoms with E-state index in [-0.39, 0.29) is 0 Å². The lowest BCUT2D eigenvalue weighted by Crippen LogP contribution is -1.95. The van der Waals surface area contributed by atoms with E-state index in [2.05, 4.69) is 11.1 Å². The minimum atomic E-state index is 0.467. The molecule has 1 aromatic heterocycles. The summed E-state index contributed by atoms with van der Waals surface area (Å²) in [5.41, 5.74) is 8.51. The third-order valence-electron chi connectivity index (χ3n) is 2.89. The van der Waals surface area contributed by atoms with Gasteiger partial charge in [0.15, 0.2) is 0 Å². The van der Waals surface area contributed by atoms with E-state index in [9.17, 15) is 0 Å². The highest BCUT2D eigenvalue weighted by Crippen LogP contribution is 2.21. The molecule has 0 radical (unpaired) electrons. The van der Waals surface area contributed by atoms with Crippen LogP contribution in [0.15, 0.2) is 48.5 Å². The molecule has 0 atom stereocenters. The molecular weight excluding hydrogens is 260 g/mol. The van der Waals surface area contributed by atoms with Crippen LogP contribution in [0.2, 0.25) is 5.02 Å². The average Bonchev–Trinajstić information content (AvgIpc) is 2.78. The Morgan fingerprint density at radius 1 is 1.11 bits per heavy atom. The van der Waals surface area contributed by atoms with E-state index in [4.69, 9.17) is 22.1 Å². The number of nitrogen functional groups attached to an aromatic ring is 1. The maximum absolute atomic E-state index is 5.91. The van der Waals surface area contributed by atoms with Crippen LogP contribution in [-0.2, 0) is 6.61 Å². The normalized spacial score (nSPS) is 10.8. The lowest BCUT2D eigenvalue weighted by Gasteiger charge is -2.04. The lowest BCUT2D eigenvalue weighted by molar-refractivity contribution is 0.302. The van der Waals surface area contributed by atoms with E-state index in [0.29, 0.717) is 11.6 Å². The summed E-state index contributed by atoms with van der Waals surface area (Å²) in [4.78, 5) is 3.28. The number of aromatic amines is 1. The van der Waals surface area contributed by atoms with Gasteiger partial charge in [0, 0.05) is 16.2 Å². The Bertz CT molecular complexity index is 721. The Balaban J connectivity index is 1.78. The van der Waals surface area contributed by atoms with Crippen LogP contribution < -0.4 is 10.5 Å². The summed E-state index contributed by atoms with van der Waals surface area (Å²) in [6.07, 6.45) is 0.